The molecule has 194 valence electrons. The largest absolute Gasteiger partial charge is 0.454 e. The van der Waals surface area contributed by atoms with Gasteiger partial charge in [0, 0.05) is 49.3 Å². The van der Waals surface area contributed by atoms with Gasteiger partial charge in [0.15, 0.2) is 11.5 Å². The van der Waals surface area contributed by atoms with Gasteiger partial charge in [0.05, 0.1) is 6.04 Å². The number of anilines is 1. The number of benzene rings is 2. The summed E-state index contributed by atoms with van der Waals surface area (Å²) in [5.41, 5.74) is 1.81. The molecule has 2 atom stereocenters. The highest BCUT2D eigenvalue weighted by atomic mass is 32.1. The Morgan fingerprint density at radius 1 is 1.00 bits per heavy atom. The number of ether oxygens (including phenoxy) is 2. The molecule has 1 saturated heterocycles. The second-order valence-corrected chi connectivity index (χ2v) is 10.1. The third kappa shape index (κ3) is 5.86. The van der Waals surface area contributed by atoms with Crippen molar-refractivity contribution in [3.8, 4) is 11.5 Å². The topological polar surface area (TPSA) is 83.1 Å². The fourth-order valence-corrected chi connectivity index (χ4v) is 5.74. The van der Waals surface area contributed by atoms with Gasteiger partial charge in [-0.25, -0.2) is 4.39 Å². The van der Waals surface area contributed by atoms with E-state index in [2.05, 4.69) is 26.5 Å². The zero-order valence-electron chi connectivity index (χ0n) is 20.5. The number of nitrogens with zero attached hydrogens (tertiary/aromatic N) is 2. The monoisotopic (exact) mass is 524 g/mol. The number of thiophene rings is 1. The highest BCUT2D eigenvalue weighted by Gasteiger charge is 2.32. The SMILES string of the molecule is C[C@H](NC(=O)C(=O)NCc1ccc2c(c1)OCO2)[C@@H](c1cccs1)N1CCN(c2ccc(F)cc2)CC1. The van der Waals surface area contributed by atoms with Crippen LogP contribution in [0, 0.1) is 5.82 Å². The molecule has 2 aromatic carbocycles. The number of carbonyl (C=O) groups is 2. The molecular formula is C27H29FN4O4S. The smallest absolute Gasteiger partial charge is 0.309 e. The minimum Gasteiger partial charge on any atom is -0.454 e. The van der Waals surface area contributed by atoms with E-state index in [1.165, 1.54) is 12.1 Å². The van der Waals surface area contributed by atoms with Crippen LogP contribution in [0.4, 0.5) is 10.1 Å². The zero-order valence-corrected chi connectivity index (χ0v) is 21.3. The molecule has 5 rings (SSSR count). The minimum atomic E-state index is -0.685. The summed E-state index contributed by atoms with van der Waals surface area (Å²) in [5, 5.41) is 7.61. The van der Waals surface area contributed by atoms with Crippen LogP contribution in [0.25, 0.3) is 0 Å². The number of hydrogen-bond donors (Lipinski definition) is 2. The van der Waals surface area contributed by atoms with E-state index in [1.54, 1.807) is 35.6 Å². The molecule has 3 heterocycles. The Kier molecular flexibility index (Phi) is 7.57. The molecule has 1 fully saturated rings. The van der Waals surface area contributed by atoms with Gasteiger partial charge in [-0.1, -0.05) is 12.1 Å². The average molecular weight is 525 g/mol. The van der Waals surface area contributed by atoms with Crippen molar-refractivity contribution >= 4 is 28.8 Å². The molecule has 37 heavy (non-hydrogen) atoms. The normalized spacial score (nSPS) is 16.8. The maximum atomic E-state index is 13.3. The maximum Gasteiger partial charge on any atom is 0.309 e. The number of amides is 2. The predicted octanol–water partition coefficient (Wildman–Crippen LogP) is 3.30. The number of halogens is 1. The summed E-state index contributed by atoms with van der Waals surface area (Å²) in [6, 6.07) is 15.6. The fraction of sp³-hybridized carbons (Fsp3) is 0.333. The molecule has 10 heteroatoms. The molecule has 3 aromatic rings. The van der Waals surface area contributed by atoms with Crippen LogP contribution < -0.4 is 25.0 Å². The summed E-state index contributed by atoms with van der Waals surface area (Å²) in [4.78, 5) is 31.0. The third-order valence-electron chi connectivity index (χ3n) is 6.66. The summed E-state index contributed by atoms with van der Waals surface area (Å²) in [7, 11) is 0. The van der Waals surface area contributed by atoms with Crippen LogP contribution in [0.2, 0.25) is 0 Å². The summed E-state index contributed by atoms with van der Waals surface area (Å²) >= 11 is 1.63. The van der Waals surface area contributed by atoms with Gasteiger partial charge in [-0.15, -0.1) is 11.3 Å². The molecule has 2 amide bonds. The van der Waals surface area contributed by atoms with Gasteiger partial charge < -0.3 is 25.0 Å². The maximum absolute atomic E-state index is 13.3. The van der Waals surface area contributed by atoms with Crippen LogP contribution in [-0.2, 0) is 16.1 Å². The first-order chi connectivity index (χ1) is 18.0. The summed E-state index contributed by atoms with van der Waals surface area (Å²) in [6.07, 6.45) is 0. The fourth-order valence-electron chi connectivity index (χ4n) is 4.78. The first-order valence-corrected chi connectivity index (χ1v) is 13.1. The van der Waals surface area contributed by atoms with Crippen LogP contribution in [-0.4, -0.2) is 55.7 Å². The van der Waals surface area contributed by atoms with Crippen LogP contribution in [0.5, 0.6) is 11.5 Å². The molecular weight excluding hydrogens is 495 g/mol. The second-order valence-electron chi connectivity index (χ2n) is 9.09. The van der Waals surface area contributed by atoms with Crippen molar-refractivity contribution in [1.82, 2.24) is 15.5 Å². The Bertz CT molecular complexity index is 1230. The Morgan fingerprint density at radius 2 is 1.76 bits per heavy atom. The van der Waals surface area contributed by atoms with Gasteiger partial charge in [0.2, 0.25) is 6.79 Å². The highest BCUT2D eigenvalue weighted by Crippen LogP contribution is 2.33. The zero-order chi connectivity index (χ0) is 25.8. The summed E-state index contributed by atoms with van der Waals surface area (Å²) in [6.45, 7) is 5.43. The number of nitrogens with one attached hydrogen (secondary N) is 2. The molecule has 0 unspecified atom stereocenters. The molecule has 0 bridgehead atoms. The van der Waals surface area contributed by atoms with E-state index < -0.39 is 11.8 Å². The van der Waals surface area contributed by atoms with Crippen LogP contribution in [0.3, 0.4) is 0 Å². The lowest BCUT2D eigenvalue weighted by Crippen LogP contribution is -2.53. The molecule has 0 spiro atoms. The summed E-state index contributed by atoms with van der Waals surface area (Å²) < 4.78 is 24.0. The van der Waals surface area contributed by atoms with Crippen LogP contribution >= 0.6 is 11.3 Å². The average Bonchev–Trinajstić information content (AvgIpc) is 3.60. The molecule has 2 aliphatic heterocycles. The lowest BCUT2D eigenvalue weighted by Gasteiger charge is -2.42. The van der Waals surface area contributed by atoms with Crippen molar-refractivity contribution in [3.05, 3.63) is 76.2 Å². The number of piperazine rings is 1. The van der Waals surface area contributed by atoms with E-state index in [-0.39, 0.29) is 31.2 Å². The van der Waals surface area contributed by atoms with Gasteiger partial charge >= 0.3 is 11.8 Å². The van der Waals surface area contributed by atoms with E-state index in [0.29, 0.717) is 11.5 Å². The number of fused-ring (bicyclic) bond motifs is 1. The van der Waals surface area contributed by atoms with Crippen molar-refractivity contribution in [3.63, 3.8) is 0 Å². The van der Waals surface area contributed by atoms with E-state index in [9.17, 15) is 14.0 Å². The Morgan fingerprint density at radius 3 is 2.49 bits per heavy atom. The molecule has 8 nitrogen and oxygen atoms in total. The van der Waals surface area contributed by atoms with E-state index in [0.717, 1.165) is 42.3 Å². The Labute approximate surface area is 219 Å². The quantitative estimate of drug-likeness (QED) is 0.462. The van der Waals surface area contributed by atoms with Crippen LogP contribution in [0.15, 0.2) is 60.0 Å². The van der Waals surface area contributed by atoms with Crippen molar-refractivity contribution in [2.24, 2.45) is 0 Å². The lowest BCUT2D eigenvalue weighted by atomic mass is 10.0. The second kappa shape index (κ2) is 11.2. The third-order valence-corrected chi connectivity index (χ3v) is 7.61. The Balaban J connectivity index is 1.18. The van der Waals surface area contributed by atoms with Crippen molar-refractivity contribution in [2.75, 3.05) is 37.9 Å². The first-order valence-electron chi connectivity index (χ1n) is 12.2. The molecule has 0 saturated carbocycles. The van der Waals surface area contributed by atoms with Gasteiger partial charge in [0.25, 0.3) is 0 Å². The molecule has 2 aliphatic rings. The first kappa shape index (κ1) is 25.0. The van der Waals surface area contributed by atoms with E-state index >= 15 is 0 Å². The van der Waals surface area contributed by atoms with E-state index in [4.69, 9.17) is 9.47 Å². The van der Waals surface area contributed by atoms with Gasteiger partial charge in [-0.05, 0) is 60.3 Å². The predicted molar refractivity (Wildman–Crippen MR) is 139 cm³/mol. The lowest BCUT2D eigenvalue weighted by molar-refractivity contribution is -0.140. The summed E-state index contributed by atoms with van der Waals surface area (Å²) in [5.74, 6) is -0.303. The van der Waals surface area contributed by atoms with Gasteiger partial charge in [-0.3, -0.25) is 14.5 Å². The number of hydrogen-bond acceptors (Lipinski definition) is 7. The molecule has 0 radical (unpaired) electrons. The molecule has 0 aliphatic carbocycles. The molecule has 2 N–H and O–H groups in total. The molecule has 1 aromatic heterocycles. The van der Waals surface area contributed by atoms with Crippen molar-refractivity contribution < 1.29 is 23.5 Å². The van der Waals surface area contributed by atoms with Crippen molar-refractivity contribution in [2.45, 2.75) is 25.6 Å². The number of rotatable bonds is 7. The van der Waals surface area contributed by atoms with Gasteiger partial charge in [0.1, 0.15) is 5.82 Å². The standard InChI is InChI=1S/C27H29FN4O4S/c1-18(30-27(34)26(33)29-16-19-4-9-22-23(15-19)36-17-35-22)25(24-3-2-14-37-24)32-12-10-31(11-13-32)21-7-5-20(28)6-8-21/h2-9,14-15,18,25H,10-13,16-17H2,1H3,(H,29,33)(H,30,34)/t18-,25-/m0/s1. The minimum absolute atomic E-state index is 0.0685. The van der Waals surface area contributed by atoms with E-state index in [1.807, 2.05) is 24.4 Å². The Hall–Kier alpha value is -3.63. The highest BCUT2D eigenvalue weighted by molar-refractivity contribution is 7.10. The van der Waals surface area contributed by atoms with Crippen LogP contribution in [0.1, 0.15) is 23.4 Å². The van der Waals surface area contributed by atoms with Gasteiger partial charge in [-0.2, -0.15) is 0 Å². The number of carbonyl (C=O) groups excluding carboxylic acids is 2. The van der Waals surface area contributed by atoms with Crippen molar-refractivity contribution in [1.29, 1.82) is 0 Å².